The van der Waals surface area contributed by atoms with Gasteiger partial charge in [0, 0.05) is 6.20 Å². The molecule has 0 aliphatic heterocycles. The van der Waals surface area contributed by atoms with Crippen molar-refractivity contribution in [3.8, 4) is 0 Å². The summed E-state index contributed by atoms with van der Waals surface area (Å²) < 4.78 is 1.05. The molecule has 6 heteroatoms. The van der Waals surface area contributed by atoms with E-state index in [9.17, 15) is 4.79 Å². The van der Waals surface area contributed by atoms with Crippen LogP contribution in [0.4, 0.5) is 5.13 Å². The molecule has 3 rings (SSSR count). The van der Waals surface area contributed by atoms with Gasteiger partial charge in [0.2, 0.25) is 0 Å². The van der Waals surface area contributed by atoms with Gasteiger partial charge < -0.3 is 0 Å². The molecule has 20 heavy (non-hydrogen) atoms. The quantitative estimate of drug-likeness (QED) is 0.785. The smallest absolute Gasteiger partial charge is 0.277 e. The molecule has 2 heterocycles. The number of thiazole rings is 1. The first-order valence-corrected chi connectivity index (χ1v) is 6.91. The Morgan fingerprint density at radius 2 is 2.05 bits per heavy atom. The molecule has 0 bridgehead atoms. The first kappa shape index (κ1) is 12.7. The Morgan fingerprint density at radius 3 is 2.80 bits per heavy atom. The molecule has 0 aliphatic carbocycles. The molecule has 0 radical (unpaired) electrons. The second-order valence-electron chi connectivity index (χ2n) is 4.44. The van der Waals surface area contributed by atoms with Gasteiger partial charge in [-0.3, -0.25) is 15.1 Å². The number of nitrogens with one attached hydrogen (secondary N) is 1. The highest BCUT2D eigenvalue weighted by atomic mass is 32.1. The van der Waals surface area contributed by atoms with E-state index in [0.29, 0.717) is 16.5 Å². The number of rotatable bonds is 2. The molecular formula is C14H12N4OS. The molecule has 0 spiro atoms. The highest BCUT2D eigenvalue weighted by molar-refractivity contribution is 7.22. The van der Waals surface area contributed by atoms with Gasteiger partial charge in [0.05, 0.1) is 22.1 Å². The minimum absolute atomic E-state index is 0.293. The van der Waals surface area contributed by atoms with Crippen molar-refractivity contribution < 1.29 is 4.79 Å². The number of aryl methyl sites for hydroxylation is 2. The Balaban J connectivity index is 1.89. The third-order valence-corrected chi connectivity index (χ3v) is 3.76. The fourth-order valence-electron chi connectivity index (χ4n) is 1.87. The minimum atomic E-state index is -0.294. The van der Waals surface area contributed by atoms with Gasteiger partial charge in [-0.1, -0.05) is 23.5 Å². The van der Waals surface area contributed by atoms with Gasteiger partial charge in [0.1, 0.15) is 5.69 Å². The van der Waals surface area contributed by atoms with Gasteiger partial charge in [0.25, 0.3) is 5.91 Å². The Hall–Kier alpha value is -2.34. The van der Waals surface area contributed by atoms with Crippen molar-refractivity contribution >= 4 is 32.6 Å². The monoisotopic (exact) mass is 284 g/mol. The number of amides is 1. The fraction of sp³-hybridized carbons (Fsp3) is 0.143. The summed E-state index contributed by atoms with van der Waals surface area (Å²) in [4.78, 5) is 24.6. The summed E-state index contributed by atoms with van der Waals surface area (Å²) in [5.41, 5.74) is 3.01. The van der Waals surface area contributed by atoms with E-state index in [2.05, 4.69) is 20.3 Å². The van der Waals surface area contributed by atoms with Crippen molar-refractivity contribution in [2.75, 3.05) is 5.32 Å². The lowest BCUT2D eigenvalue weighted by molar-refractivity contribution is 0.102. The predicted molar refractivity (Wildman–Crippen MR) is 79.1 cm³/mol. The lowest BCUT2D eigenvalue weighted by atomic mass is 10.2. The summed E-state index contributed by atoms with van der Waals surface area (Å²) in [5, 5.41) is 3.34. The van der Waals surface area contributed by atoms with Gasteiger partial charge in [0.15, 0.2) is 5.13 Å². The summed E-state index contributed by atoms with van der Waals surface area (Å²) in [6.45, 7) is 3.80. The number of benzene rings is 1. The van der Waals surface area contributed by atoms with Crippen LogP contribution in [0.5, 0.6) is 0 Å². The van der Waals surface area contributed by atoms with Crippen molar-refractivity contribution in [3.05, 3.63) is 47.5 Å². The number of anilines is 1. The van der Waals surface area contributed by atoms with Gasteiger partial charge in [-0.05, 0) is 25.5 Å². The van der Waals surface area contributed by atoms with Gasteiger partial charge in [-0.15, -0.1) is 0 Å². The zero-order valence-corrected chi connectivity index (χ0v) is 11.9. The number of hydrogen-bond acceptors (Lipinski definition) is 5. The summed E-state index contributed by atoms with van der Waals surface area (Å²) in [7, 11) is 0. The van der Waals surface area contributed by atoms with E-state index in [0.717, 1.165) is 15.8 Å². The van der Waals surface area contributed by atoms with Crippen molar-refractivity contribution in [1.29, 1.82) is 0 Å². The van der Waals surface area contributed by atoms with Gasteiger partial charge in [-0.2, -0.15) is 0 Å². The summed E-state index contributed by atoms with van der Waals surface area (Å²) >= 11 is 1.45. The lowest BCUT2D eigenvalue weighted by Gasteiger charge is -2.00. The van der Waals surface area contributed by atoms with Crippen molar-refractivity contribution in [2.45, 2.75) is 13.8 Å². The predicted octanol–water partition coefficient (Wildman–Crippen LogP) is 2.96. The second kappa shape index (κ2) is 4.97. The van der Waals surface area contributed by atoms with Crippen LogP contribution in [0.25, 0.3) is 10.2 Å². The van der Waals surface area contributed by atoms with E-state index < -0.39 is 0 Å². The van der Waals surface area contributed by atoms with Crippen LogP contribution in [-0.4, -0.2) is 20.9 Å². The molecule has 0 aliphatic rings. The number of para-hydroxylation sites is 1. The van der Waals surface area contributed by atoms with Crippen LogP contribution in [0.2, 0.25) is 0 Å². The van der Waals surface area contributed by atoms with E-state index in [1.54, 1.807) is 13.1 Å². The third-order valence-electron chi connectivity index (χ3n) is 2.83. The lowest BCUT2D eigenvalue weighted by Crippen LogP contribution is -2.14. The molecule has 1 N–H and O–H groups in total. The molecule has 0 fully saturated rings. The molecule has 0 unspecified atom stereocenters. The number of carbonyl (C=O) groups excluding carboxylic acids is 1. The molecule has 0 atom stereocenters. The second-order valence-corrected chi connectivity index (χ2v) is 5.47. The van der Waals surface area contributed by atoms with Crippen LogP contribution in [0, 0.1) is 13.8 Å². The highest BCUT2D eigenvalue weighted by Gasteiger charge is 2.12. The van der Waals surface area contributed by atoms with E-state index in [4.69, 9.17) is 0 Å². The van der Waals surface area contributed by atoms with Crippen LogP contribution in [-0.2, 0) is 0 Å². The first-order chi connectivity index (χ1) is 9.63. The van der Waals surface area contributed by atoms with E-state index in [1.807, 2.05) is 25.1 Å². The van der Waals surface area contributed by atoms with Crippen LogP contribution in [0.3, 0.4) is 0 Å². The van der Waals surface area contributed by atoms with E-state index in [-0.39, 0.29) is 5.91 Å². The number of aromatic nitrogens is 3. The fourth-order valence-corrected chi connectivity index (χ4v) is 2.81. The zero-order valence-electron chi connectivity index (χ0n) is 11.0. The molecule has 0 saturated carbocycles. The maximum absolute atomic E-state index is 12.1. The molecule has 0 saturated heterocycles. The topological polar surface area (TPSA) is 67.8 Å². The maximum atomic E-state index is 12.1. The average molecular weight is 284 g/mol. The van der Waals surface area contributed by atoms with Crippen molar-refractivity contribution in [2.24, 2.45) is 0 Å². The summed E-state index contributed by atoms with van der Waals surface area (Å²) in [5.74, 6) is -0.294. The molecule has 1 aromatic carbocycles. The van der Waals surface area contributed by atoms with Crippen LogP contribution in [0.1, 0.15) is 21.7 Å². The van der Waals surface area contributed by atoms with Crippen molar-refractivity contribution in [3.63, 3.8) is 0 Å². The minimum Gasteiger partial charge on any atom is -0.296 e. The molecule has 1 amide bonds. The highest BCUT2D eigenvalue weighted by Crippen LogP contribution is 2.27. The van der Waals surface area contributed by atoms with Gasteiger partial charge >= 0.3 is 0 Å². The first-order valence-electron chi connectivity index (χ1n) is 6.09. The Kier molecular flexibility index (Phi) is 3.15. The Labute approximate surface area is 119 Å². The molecular weight excluding hydrogens is 272 g/mol. The number of hydrogen-bond donors (Lipinski definition) is 1. The van der Waals surface area contributed by atoms with Gasteiger partial charge in [-0.25, -0.2) is 9.97 Å². The molecule has 100 valence electrons. The maximum Gasteiger partial charge on any atom is 0.277 e. The number of nitrogens with zero attached hydrogens (tertiary/aromatic N) is 3. The number of fused-ring (bicyclic) bond motifs is 1. The molecule has 5 nitrogen and oxygen atoms in total. The molecule has 3 aromatic rings. The zero-order chi connectivity index (χ0) is 14.1. The van der Waals surface area contributed by atoms with Crippen LogP contribution < -0.4 is 5.32 Å². The third kappa shape index (κ3) is 2.37. The van der Waals surface area contributed by atoms with E-state index >= 15 is 0 Å². The number of carbonyl (C=O) groups is 1. The molecule has 2 aromatic heterocycles. The van der Waals surface area contributed by atoms with E-state index in [1.165, 1.54) is 17.5 Å². The summed E-state index contributed by atoms with van der Waals surface area (Å²) in [6, 6.07) is 5.97. The Morgan fingerprint density at radius 1 is 1.20 bits per heavy atom. The standard InChI is InChI=1S/C14H12N4OS/c1-8-4-3-5-11-12(8)17-14(20-11)18-13(19)10-7-15-6-9(2)16-10/h3-7H,1-2H3,(H,17,18,19). The largest absolute Gasteiger partial charge is 0.296 e. The van der Waals surface area contributed by atoms with Crippen molar-refractivity contribution in [1.82, 2.24) is 15.0 Å². The average Bonchev–Trinajstić information content (AvgIpc) is 2.83. The van der Waals surface area contributed by atoms with Crippen LogP contribution in [0.15, 0.2) is 30.6 Å². The normalized spacial score (nSPS) is 10.7. The summed E-state index contributed by atoms with van der Waals surface area (Å²) in [6.07, 6.45) is 3.05. The SMILES string of the molecule is Cc1cncc(C(=O)Nc2nc3c(C)cccc3s2)n1. The van der Waals surface area contributed by atoms with Crippen LogP contribution >= 0.6 is 11.3 Å². The Bertz CT molecular complexity index is 797.